The van der Waals surface area contributed by atoms with Crippen molar-refractivity contribution >= 4 is 44.5 Å². The van der Waals surface area contributed by atoms with Crippen LogP contribution in [-0.4, -0.2) is 20.9 Å². The van der Waals surface area contributed by atoms with Gasteiger partial charge in [-0.15, -0.1) is 11.3 Å². The standard InChI is InChI=1S/C13H14BrN5S/c1-2-15-11-8-19-5-4-16-13(19)12(18-11)17-7-10-9(14)3-6-20-10/h3-6,8,15H,2,7H2,1H3,(H,17,18). The Hall–Kier alpha value is -1.60. The molecule has 3 heterocycles. The molecule has 7 heteroatoms. The molecule has 20 heavy (non-hydrogen) atoms. The van der Waals surface area contributed by atoms with Crippen LogP contribution in [0.2, 0.25) is 0 Å². The summed E-state index contributed by atoms with van der Waals surface area (Å²) in [5.74, 6) is 1.62. The molecule has 0 aliphatic rings. The molecule has 0 spiro atoms. The lowest BCUT2D eigenvalue weighted by molar-refractivity contribution is 1.06. The van der Waals surface area contributed by atoms with Crippen LogP contribution in [0.15, 0.2) is 34.5 Å². The van der Waals surface area contributed by atoms with Gasteiger partial charge in [0.15, 0.2) is 11.5 Å². The molecule has 2 N–H and O–H groups in total. The van der Waals surface area contributed by atoms with Gasteiger partial charge in [-0.1, -0.05) is 0 Å². The van der Waals surface area contributed by atoms with Gasteiger partial charge >= 0.3 is 0 Å². The summed E-state index contributed by atoms with van der Waals surface area (Å²) in [7, 11) is 0. The molecule has 0 unspecified atom stereocenters. The van der Waals surface area contributed by atoms with Crippen molar-refractivity contribution in [3.8, 4) is 0 Å². The van der Waals surface area contributed by atoms with Crippen LogP contribution in [0, 0.1) is 0 Å². The zero-order valence-electron chi connectivity index (χ0n) is 10.9. The number of aromatic nitrogens is 3. The van der Waals surface area contributed by atoms with Crippen molar-refractivity contribution in [1.82, 2.24) is 14.4 Å². The summed E-state index contributed by atoms with van der Waals surface area (Å²) in [5, 5.41) is 8.65. The Morgan fingerprint density at radius 3 is 3.05 bits per heavy atom. The number of imidazole rings is 1. The van der Waals surface area contributed by atoms with E-state index in [9.17, 15) is 0 Å². The zero-order chi connectivity index (χ0) is 13.9. The molecular weight excluding hydrogens is 338 g/mol. The third-order valence-electron chi connectivity index (χ3n) is 2.84. The van der Waals surface area contributed by atoms with E-state index in [4.69, 9.17) is 0 Å². The van der Waals surface area contributed by atoms with E-state index in [1.807, 2.05) is 16.8 Å². The predicted molar refractivity (Wildman–Crippen MR) is 86.5 cm³/mol. The van der Waals surface area contributed by atoms with E-state index >= 15 is 0 Å². The lowest BCUT2D eigenvalue weighted by Crippen LogP contribution is -2.07. The third kappa shape index (κ3) is 2.64. The van der Waals surface area contributed by atoms with Gasteiger partial charge in [-0.05, 0) is 34.3 Å². The van der Waals surface area contributed by atoms with Gasteiger partial charge in [0.25, 0.3) is 0 Å². The lowest BCUT2D eigenvalue weighted by atomic mass is 10.4. The quantitative estimate of drug-likeness (QED) is 0.737. The Morgan fingerprint density at radius 1 is 1.40 bits per heavy atom. The van der Waals surface area contributed by atoms with Crippen LogP contribution >= 0.6 is 27.3 Å². The van der Waals surface area contributed by atoms with E-state index < -0.39 is 0 Å². The van der Waals surface area contributed by atoms with Crippen molar-refractivity contribution in [3.63, 3.8) is 0 Å². The predicted octanol–water partition coefficient (Wildman–Crippen LogP) is 3.60. The molecule has 104 valence electrons. The number of hydrogen-bond donors (Lipinski definition) is 2. The maximum absolute atomic E-state index is 4.58. The number of nitrogens with zero attached hydrogens (tertiary/aromatic N) is 3. The fourth-order valence-corrected chi connectivity index (χ4v) is 3.36. The maximum atomic E-state index is 4.58. The number of thiophene rings is 1. The van der Waals surface area contributed by atoms with Crippen molar-refractivity contribution in [3.05, 3.63) is 39.4 Å². The Kier molecular flexibility index (Phi) is 3.88. The van der Waals surface area contributed by atoms with Crippen molar-refractivity contribution in [2.75, 3.05) is 17.2 Å². The molecule has 0 radical (unpaired) electrons. The minimum absolute atomic E-state index is 0.726. The summed E-state index contributed by atoms with van der Waals surface area (Å²) in [5.41, 5.74) is 0.833. The van der Waals surface area contributed by atoms with Gasteiger partial charge in [0, 0.05) is 28.3 Å². The van der Waals surface area contributed by atoms with E-state index in [-0.39, 0.29) is 0 Å². The van der Waals surface area contributed by atoms with Gasteiger partial charge in [0.1, 0.15) is 5.82 Å². The fourth-order valence-electron chi connectivity index (χ4n) is 1.93. The molecule has 0 bridgehead atoms. The Balaban J connectivity index is 1.89. The smallest absolute Gasteiger partial charge is 0.180 e. The number of anilines is 2. The van der Waals surface area contributed by atoms with Crippen LogP contribution in [0.4, 0.5) is 11.6 Å². The van der Waals surface area contributed by atoms with Crippen LogP contribution < -0.4 is 10.6 Å². The second kappa shape index (κ2) is 5.80. The molecule has 5 nitrogen and oxygen atoms in total. The minimum Gasteiger partial charge on any atom is -0.369 e. The topological polar surface area (TPSA) is 54.2 Å². The first-order valence-corrected chi connectivity index (χ1v) is 7.98. The number of halogens is 1. The molecule has 3 rings (SSSR count). The third-order valence-corrected chi connectivity index (χ3v) is 4.77. The van der Waals surface area contributed by atoms with Crippen LogP contribution in [0.3, 0.4) is 0 Å². The fraction of sp³-hybridized carbons (Fsp3) is 0.231. The van der Waals surface area contributed by atoms with Gasteiger partial charge in [0.05, 0.1) is 12.7 Å². The average molecular weight is 352 g/mol. The highest BCUT2D eigenvalue weighted by Crippen LogP contribution is 2.24. The van der Waals surface area contributed by atoms with Gasteiger partial charge in [-0.3, -0.25) is 0 Å². The molecule has 0 atom stereocenters. The first-order chi connectivity index (χ1) is 9.78. The van der Waals surface area contributed by atoms with Gasteiger partial charge in [-0.2, -0.15) is 0 Å². The molecule has 0 saturated heterocycles. The zero-order valence-corrected chi connectivity index (χ0v) is 13.3. The Morgan fingerprint density at radius 2 is 2.30 bits per heavy atom. The second-order valence-corrected chi connectivity index (χ2v) is 6.06. The van der Waals surface area contributed by atoms with Gasteiger partial charge in [0.2, 0.25) is 0 Å². The van der Waals surface area contributed by atoms with Gasteiger partial charge in [-0.25, -0.2) is 9.97 Å². The van der Waals surface area contributed by atoms with Crippen molar-refractivity contribution in [1.29, 1.82) is 0 Å². The molecule has 3 aromatic rings. The summed E-state index contributed by atoms with van der Waals surface area (Å²) in [6.45, 7) is 3.61. The van der Waals surface area contributed by atoms with Crippen molar-refractivity contribution in [2.45, 2.75) is 13.5 Å². The monoisotopic (exact) mass is 351 g/mol. The molecule has 0 aliphatic heterocycles. The summed E-state index contributed by atoms with van der Waals surface area (Å²) in [6.07, 6.45) is 5.64. The molecular formula is C13H14BrN5S. The molecule has 0 amide bonds. The highest BCUT2D eigenvalue weighted by molar-refractivity contribution is 9.10. The van der Waals surface area contributed by atoms with E-state index in [1.165, 1.54) is 4.88 Å². The number of fused-ring (bicyclic) bond motifs is 1. The van der Waals surface area contributed by atoms with Crippen LogP contribution in [0.25, 0.3) is 5.65 Å². The summed E-state index contributed by atoms with van der Waals surface area (Å²) < 4.78 is 3.09. The van der Waals surface area contributed by atoms with Crippen LogP contribution in [0.1, 0.15) is 11.8 Å². The molecule has 0 aliphatic carbocycles. The number of nitrogens with one attached hydrogen (secondary N) is 2. The lowest BCUT2D eigenvalue weighted by Gasteiger charge is -2.09. The SMILES string of the molecule is CCNc1cn2ccnc2c(NCc2sccc2Br)n1. The first-order valence-electron chi connectivity index (χ1n) is 6.31. The first kappa shape index (κ1) is 13.4. The van der Waals surface area contributed by atoms with E-state index in [0.29, 0.717) is 0 Å². The van der Waals surface area contributed by atoms with E-state index in [0.717, 1.165) is 34.8 Å². The molecule has 0 aromatic carbocycles. The van der Waals surface area contributed by atoms with E-state index in [2.05, 4.69) is 54.9 Å². The largest absolute Gasteiger partial charge is 0.369 e. The van der Waals surface area contributed by atoms with Crippen molar-refractivity contribution < 1.29 is 0 Å². The van der Waals surface area contributed by atoms with Crippen LogP contribution in [-0.2, 0) is 6.54 Å². The van der Waals surface area contributed by atoms with Crippen LogP contribution in [0.5, 0.6) is 0 Å². The number of hydrogen-bond acceptors (Lipinski definition) is 5. The van der Waals surface area contributed by atoms with Gasteiger partial charge < -0.3 is 15.0 Å². The summed E-state index contributed by atoms with van der Waals surface area (Å²) in [6, 6.07) is 2.05. The second-order valence-electron chi connectivity index (χ2n) is 4.21. The average Bonchev–Trinajstić information content (AvgIpc) is 3.05. The Labute approximate surface area is 129 Å². The molecule has 0 saturated carbocycles. The van der Waals surface area contributed by atoms with E-state index in [1.54, 1.807) is 17.5 Å². The normalized spacial score (nSPS) is 10.9. The summed E-state index contributed by atoms with van der Waals surface area (Å²) in [4.78, 5) is 10.2. The molecule has 3 aromatic heterocycles. The maximum Gasteiger partial charge on any atom is 0.180 e. The number of rotatable bonds is 5. The highest BCUT2D eigenvalue weighted by atomic mass is 79.9. The Bertz CT molecular complexity index is 720. The van der Waals surface area contributed by atoms with Crippen molar-refractivity contribution in [2.24, 2.45) is 0 Å². The highest BCUT2D eigenvalue weighted by Gasteiger charge is 2.08. The molecule has 0 fully saturated rings. The minimum atomic E-state index is 0.726. The summed E-state index contributed by atoms with van der Waals surface area (Å²) >= 11 is 5.25.